The maximum absolute atomic E-state index is 11.2. The van der Waals surface area contributed by atoms with Crippen molar-refractivity contribution in [3.63, 3.8) is 0 Å². The molecule has 2 atom stereocenters. The molecule has 3 N–H and O–H groups in total. The number of hydrogen-bond acceptors (Lipinski definition) is 5. The third-order valence-electron chi connectivity index (χ3n) is 4.50. The van der Waals surface area contributed by atoms with E-state index in [1.807, 2.05) is 0 Å². The first-order valence-corrected chi connectivity index (χ1v) is 10.8. The Hall–Kier alpha value is -1.14. The number of hydrogen-bond donors (Lipinski definition) is 3. The molecule has 168 valence electrons. The third-order valence-corrected chi connectivity index (χ3v) is 4.50. The van der Waals surface area contributed by atoms with Crippen molar-refractivity contribution in [1.82, 2.24) is 0 Å². The van der Waals surface area contributed by atoms with Crippen molar-refractivity contribution in [2.24, 2.45) is 0 Å². The highest BCUT2D eigenvalue weighted by atomic mass is 16.5. The van der Waals surface area contributed by atoms with Crippen molar-refractivity contribution >= 4 is 11.9 Å². The molecule has 0 saturated heterocycles. The summed E-state index contributed by atoms with van der Waals surface area (Å²) in [5.41, 5.74) is -1.93. The summed E-state index contributed by atoms with van der Waals surface area (Å²) < 4.78 is 4.81. The van der Waals surface area contributed by atoms with Gasteiger partial charge < -0.3 is 20.1 Å². The van der Waals surface area contributed by atoms with E-state index in [0.29, 0.717) is 19.4 Å². The largest absolute Gasteiger partial charge is 0.481 e. The molecule has 0 fully saturated rings. The Kier molecular flexibility index (Phi) is 17.4. The van der Waals surface area contributed by atoms with Crippen LogP contribution in [0.4, 0.5) is 0 Å². The molecule has 6 nitrogen and oxygen atoms in total. The van der Waals surface area contributed by atoms with Gasteiger partial charge in [-0.3, -0.25) is 9.59 Å². The maximum Gasteiger partial charge on any atom is 0.308 e. The van der Waals surface area contributed by atoms with Gasteiger partial charge in [-0.2, -0.15) is 0 Å². The minimum absolute atomic E-state index is 0.104. The number of rotatable bonds is 15. The van der Waals surface area contributed by atoms with E-state index in [2.05, 4.69) is 13.8 Å². The average Bonchev–Trinajstić information content (AvgIpc) is 2.55. The van der Waals surface area contributed by atoms with Crippen molar-refractivity contribution in [2.75, 3.05) is 6.61 Å². The maximum atomic E-state index is 11.2. The van der Waals surface area contributed by atoms with E-state index >= 15 is 0 Å². The smallest absolute Gasteiger partial charge is 0.308 e. The van der Waals surface area contributed by atoms with Gasteiger partial charge in [-0.05, 0) is 33.6 Å². The molecule has 2 unspecified atom stereocenters. The summed E-state index contributed by atoms with van der Waals surface area (Å²) >= 11 is 0. The first kappa shape index (κ1) is 29.1. The molecule has 0 amide bonds. The Balaban J connectivity index is 0. The van der Waals surface area contributed by atoms with Crippen LogP contribution in [0.3, 0.4) is 0 Å². The number of aliphatic carboxylic acids is 1. The van der Waals surface area contributed by atoms with Crippen LogP contribution in [0.2, 0.25) is 0 Å². The third kappa shape index (κ3) is 21.2. The van der Waals surface area contributed by atoms with Crippen LogP contribution >= 0.6 is 0 Å². The normalized spacial score (nSPS) is 15.0. The molecule has 0 aliphatic heterocycles. The van der Waals surface area contributed by atoms with Crippen LogP contribution in [-0.4, -0.2) is 45.1 Å². The van der Waals surface area contributed by atoms with Crippen molar-refractivity contribution in [3.8, 4) is 0 Å². The van der Waals surface area contributed by atoms with E-state index in [4.69, 9.17) is 9.84 Å². The summed E-state index contributed by atoms with van der Waals surface area (Å²) in [4.78, 5) is 21.5. The topological polar surface area (TPSA) is 104 Å². The van der Waals surface area contributed by atoms with E-state index in [-0.39, 0.29) is 18.8 Å². The minimum atomic E-state index is -1.03. The van der Waals surface area contributed by atoms with Gasteiger partial charge in [0.2, 0.25) is 0 Å². The van der Waals surface area contributed by atoms with Crippen molar-refractivity contribution in [1.29, 1.82) is 0 Å². The van der Waals surface area contributed by atoms with E-state index in [1.54, 1.807) is 20.8 Å². The molecule has 0 spiro atoms. The second-order valence-corrected chi connectivity index (χ2v) is 8.17. The standard InChI is InChI=1S/C12H24O3.C10H20O3/c1-4-6-7-8-9-12(3,14)10-11(13)15-5-2;1-3-4-5-6-7-10(2,13)8-9(11)12/h14H,4-10H2,1-3H3;13H,3-8H2,1-2H3,(H,11,12). The van der Waals surface area contributed by atoms with Gasteiger partial charge >= 0.3 is 11.9 Å². The highest BCUT2D eigenvalue weighted by molar-refractivity contribution is 5.70. The van der Waals surface area contributed by atoms with Crippen molar-refractivity contribution < 1.29 is 29.6 Å². The van der Waals surface area contributed by atoms with Gasteiger partial charge in [0.05, 0.1) is 30.7 Å². The van der Waals surface area contributed by atoms with Gasteiger partial charge in [-0.25, -0.2) is 0 Å². The van der Waals surface area contributed by atoms with Gasteiger partial charge in [0.15, 0.2) is 0 Å². The molecule has 0 bridgehead atoms. The lowest BCUT2D eigenvalue weighted by Gasteiger charge is -2.21. The molecule has 0 aromatic rings. The molecule has 28 heavy (non-hydrogen) atoms. The zero-order chi connectivity index (χ0) is 22.1. The van der Waals surface area contributed by atoms with Gasteiger partial charge in [0.25, 0.3) is 0 Å². The molecule has 0 saturated carbocycles. The molecule has 0 aliphatic rings. The van der Waals surface area contributed by atoms with Crippen LogP contribution in [0, 0.1) is 0 Å². The number of unbranched alkanes of at least 4 members (excludes halogenated alkanes) is 6. The Morgan fingerprint density at radius 3 is 1.54 bits per heavy atom. The molecule has 0 radical (unpaired) electrons. The highest BCUT2D eigenvalue weighted by Crippen LogP contribution is 2.20. The SMILES string of the molecule is CCCCCCC(C)(O)CC(=O)O.CCCCCCC(C)(O)CC(=O)OCC. The summed E-state index contributed by atoms with van der Waals surface area (Å²) in [6, 6.07) is 0. The number of ether oxygens (including phenoxy) is 1. The minimum Gasteiger partial charge on any atom is -0.481 e. The fourth-order valence-corrected chi connectivity index (χ4v) is 2.89. The first-order chi connectivity index (χ1) is 13.0. The quantitative estimate of drug-likeness (QED) is 0.266. The zero-order valence-electron chi connectivity index (χ0n) is 18.8. The van der Waals surface area contributed by atoms with Crippen LogP contribution in [0.25, 0.3) is 0 Å². The summed E-state index contributed by atoms with van der Waals surface area (Å²) in [5, 5.41) is 28.0. The highest BCUT2D eigenvalue weighted by Gasteiger charge is 2.24. The summed E-state index contributed by atoms with van der Waals surface area (Å²) in [6.45, 7) is 9.72. The van der Waals surface area contributed by atoms with Crippen LogP contribution < -0.4 is 0 Å². The average molecular weight is 405 g/mol. The Labute approximate surface area is 171 Å². The van der Waals surface area contributed by atoms with Crippen molar-refractivity contribution in [3.05, 3.63) is 0 Å². The number of esters is 1. The lowest BCUT2D eigenvalue weighted by Crippen LogP contribution is -2.28. The van der Waals surface area contributed by atoms with Crippen LogP contribution in [0.1, 0.15) is 112 Å². The Morgan fingerprint density at radius 2 is 1.18 bits per heavy atom. The van der Waals surface area contributed by atoms with Gasteiger partial charge in [0, 0.05) is 0 Å². The molecular formula is C22H44O6. The molecule has 0 aromatic heterocycles. The van der Waals surface area contributed by atoms with Crippen LogP contribution in [0.15, 0.2) is 0 Å². The second kappa shape index (κ2) is 16.8. The van der Waals surface area contributed by atoms with Crippen LogP contribution in [-0.2, 0) is 14.3 Å². The summed E-state index contributed by atoms with van der Waals surface area (Å²) in [6.07, 6.45) is 9.97. The monoisotopic (exact) mass is 404 g/mol. The number of carbonyl (C=O) groups excluding carboxylic acids is 1. The molecule has 0 rings (SSSR count). The summed E-state index contributed by atoms with van der Waals surface area (Å²) in [5.74, 6) is -1.24. The zero-order valence-corrected chi connectivity index (χ0v) is 18.8. The summed E-state index contributed by atoms with van der Waals surface area (Å²) in [7, 11) is 0. The lowest BCUT2D eigenvalue weighted by atomic mass is 9.94. The van der Waals surface area contributed by atoms with Crippen LogP contribution in [0.5, 0.6) is 0 Å². The Morgan fingerprint density at radius 1 is 0.750 bits per heavy atom. The lowest BCUT2D eigenvalue weighted by molar-refractivity contribution is -0.148. The number of carboxylic acid groups (broad SMARTS) is 1. The molecular weight excluding hydrogens is 360 g/mol. The predicted octanol–water partition coefficient (Wildman–Crippen LogP) is 4.84. The second-order valence-electron chi connectivity index (χ2n) is 8.17. The molecule has 0 heterocycles. The van der Waals surface area contributed by atoms with Gasteiger partial charge in [-0.1, -0.05) is 65.2 Å². The molecule has 6 heteroatoms. The van der Waals surface area contributed by atoms with Crippen molar-refractivity contribution in [2.45, 2.75) is 123 Å². The number of aliphatic hydroxyl groups is 2. The number of carbonyl (C=O) groups is 2. The molecule has 0 aromatic carbocycles. The van der Waals surface area contributed by atoms with E-state index in [0.717, 1.165) is 38.5 Å². The number of carboxylic acids is 1. The Bertz CT molecular complexity index is 404. The van der Waals surface area contributed by atoms with Gasteiger partial charge in [-0.15, -0.1) is 0 Å². The van der Waals surface area contributed by atoms with E-state index < -0.39 is 17.2 Å². The van der Waals surface area contributed by atoms with E-state index in [9.17, 15) is 19.8 Å². The van der Waals surface area contributed by atoms with E-state index in [1.165, 1.54) is 12.8 Å². The predicted molar refractivity (Wildman–Crippen MR) is 112 cm³/mol. The fraction of sp³-hybridized carbons (Fsp3) is 0.909. The first-order valence-electron chi connectivity index (χ1n) is 10.8. The molecule has 0 aliphatic carbocycles. The van der Waals surface area contributed by atoms with Gasteiger partial charge in [0.1, 0.15) is 0 Å². The fourth-order valence-electron chi connectivity index (χ4n) is 2.89.